The molecule has 1 aromatic rings. The number of benzene rings is 1. The van der Waals surface area contributed by atoms with Crippen molar-refractivity contribution in [2.24, 2.45) is 0 Å². The molecule has 6 heteroatoms. The van der Waals surface area contributed by atoms with Gasteiger partial charge in [0.25, 0.3) is 0 Å². The van der Waals surface area contributed by atoms with Gasteiger partial charge in [-0.1, -0.05) is 23.2 Å². The quantitative estimate of drug-likeness (QED) is 0.849. The zero-order valence-corrected chi connectivity index (χ0v) is 10.4. The molecular weight excluding hydrogens is 253 g/mol. The summed E-state index contributed by atoms with van der Waals surface area (Å²) >= 11 is 11.8. The van der Waals surface area contributed by atoms with Crippen molar-refractivity contribution in [3.8, 4) is 5.75 Å². The molecule has 0 saturated carbocycles. The molecule has 0 bridgehead atoms. The minimum atomic E-state index is -0.372. The predicted molar refractivity (Wildman–Crippen MR) is 63.5 cm³/mol. The van der Waals surface area contributed by atoms with Crippen LogP contribution in [-0.4, -0.2) is 26.7 Å². The van der Waals surface area contributed by atoms with E-state index in [4.69, 9.17) is 27.9 Å². The van der Waals surface area contributed by atoms with Crippen LogP contribution in [0.25, 0.3) is 0 Å². The van der Waals surface area contributed by atoms with Gasteiger partial charge in [-0.05, 0) is 12.1 Å². The molecule has 0 amide bonds. The van der Waals surface area contributed by atoms with Crippen LogP contribution in [0.1, 0.15) is 0 Å². The van der Waals surface area contributed by atoms with Crippen LogP contribution in [-0.2, 0) is 9.53 Å². The molecule has 0 atom stereocenters. The Hall–Kier alpha value is -1.13. The molecule has 0 aliphatic carbocycles. The van der Waals surface area contributed by atoms with Gasteiger partial charge in [-0.25, -0.2) is 0 Å². The van der Waals surface area contributed by atoms with Crippen molar-refractivity contribution < 1.29 is 14.3 Å². The molecule has 1 N–H and O–H groups in total. The van der Waals surface area contributed by atoms with Crippen LogP contribution in [0.3, 0.4) is 0 Å². The number of carbonyl (C=O) groups excluding carboxylic acids is 1. The van der Waals surface area contributed by atoms with E-state index in [9.17, 15) is 4.79 Å². The van der Waals surface area contributed by atoms with E-state index in [-0.39, 0.29) is 12.5 Å². The minimum Gasteiger partial charge on any atom is -0.494 e. The Morgan fingerprint density at radius 1 is 1.31 bits per heavy atom. The van der Waals surface area contributed by atoms with Gasteiger partial charge in [0, 0.05) is 5.69 Å². The molecule has 4 nitrogen and oxygen atoms in total. The lowest BCUT2D eigenvalue weighted by Crippen LogP contribution is -2.14. The fourth-order valence-electron chi connectivity index (χ4n) is 1.10. The van der Waals surface area contributed by atoms with Crippen LogP contribution in [0, 0.1) is 0 Å². The van der Waals surface area contributed by atoms with E-state index in [1.54, 1.807) is 12.1 Å². The summed E-state index contributed by atoms with van der Waals surface area (Å²) in [4.78, 5) is 10.9. The molecular formula is C10H11Cl2NO3. The Labute approximate surface area is 103 Å². The molecule has 0 aliphatic rings. The summed E-state index contributed by atoms with van der Waals surface area (Å²) in [6.07, 6.45) is 0. The van der Waals surface area contributed by atoms with Crippen LogP contribution < -0.4 is 10.1 Å². The Morgan fingerprint density at radius 3 is 2.31 bits per heavy atom. The van der Waals surface area contributed by atoms with E-state index in [2.05, 4.69) is 10.1 Å². The molecule has 0 aliphatic heterocycles. The maximum Gasteiger partial charge on any atom is 0.325 e. The summed E-state index contributed by atoms with van der Waals surface area (Å²) in [5.41, 5.74) is 0.626. The highest BCUT2D eigenvalue weighted by Gasteiger charge is 2.09. The number of carbonyl (C=O) groups is 1. The first-order valence-corrected chi connectivity index (χ1v) is 5.17. The van der Waals surface area contributed by atoms with Crippen molar-refractivity contribution in [3.63, 3.8) is 0 Å². The first kappa shape index (κ1) is 12.9. The highest BCUT2D eigenvalue weighted by Crippen LogP contribution is 2.35. The average Bonchev–Trinajstić information content (AvgIpc) is 2.25. The molecule has 88 valence electrons. The van der Waals surface area contributed by atoms with Crippen LogP contribution in [0.2, 0.25) is 10.0 Å². The number of methoxy groups -OCH3 is 2. The number of hydrogen-bond donors (Lipinski definition) is 1. The first-order valence-electron chi connectivity index (χ1n) is 4.42. The number of nitrogens with one attached hydrogen (secondary N) is 1. The third kappa shape index (κ3) is 3.18. The second-order valence-corrected chi connectivity index (χ2v) is 3.72. The molecule has 0 aromatic heterocycles. The van der Waals surface area contributed by atoms with E-state index in [0.29, 0.717) is 21.5 Å². The van der Waals surface area contributed by atoms with E-state index < -0.39 is 0 Å². The Morgan fingerprint density at radius 2 is 1.88 bits per heavy atom. The lowest BCUT2D eigenvalue weighted by atomic mass is 10.3. The maximum atomic E-state index is 10.9. The number of ether oxygens (including phenoxy) is 2. The smallest absolute Gasteiger partial charge is 0.325 e. The normalized spacial score (nSPS) is 9.75. The lowest BCUT2D eigenvalue weighted by Gasteiger charge is -2.09. The second kappa shape index (κ2) is 5.82. The van der Waals surface area contributed by atoms with Crippen LogP contribution >= 0.6 is 23.2 Å². The lowest BCUT2D eigenvalue weighted by molar-refractivity contribution is -0.138. The Kier molecular flexibility index (Phi) is 4.71. The third-order valence-electron chi connectivity index (χ3n) is 1.87. The fourth-order valence-corrected chi connectivity index (χ4v) is 1.74. The highest BCUT2D eigenvalue weighted by atomic mass is 35.5. The monoisotopic (exact) mass is 263 g/mol. The van der Waals surface area contributed by atoms with Crippen LogP contribution in [0.4, 0.5) is 5.69 Å². The maximum absolute atomic E-state index is 10.9. The SMILES string of the molecule is COC(=O)CNc1cc(Cl)c(OC)c(Cl)c1. The summed E-state index contributed by atoms with van der Waals surface area (Å²) in [5.74, 6) is 0.0371. The van der Waals surface area contributed by atoms with Crippen molar-refractivity contribution in [1.82, 2.24) is 0 Å². The van der Waals surface area contributed by atoms with Crippen molar-refractivity contribution in [2.45, 2.75) is 0 Å². The summed E-state index contributed by atoms with van der Waals surface area (Å²) in [6, 6.07) is 3.24. The number of hydrogen-bond acceptors (Lipinski definition) is 4. The Balaban J connectivity index is 2.79. The van der Waals surface area contributed by atoms with E-state index >= 15 is 0 Å². The summed E-state index contributed by atoms with van der Waals surface area (Å²) in [6.45, 7) is 0.0511. The predicted octanol–water partition coefficient (Wildman–Crippen LogP) is 2.59. The van der Waals surface area contributed by atoms with E-state index in [0.717, 1.165) is 0 Å². The van der Waals surface area contributed by atoms with Gasteiger partial charge in [0.1, 0.15) is 6.54 Å². The number of halogens is 2. The number of rotatable bonds is 4. The number of esters is 1. The zero-order valence-electron chi connectivity index (χ0n) is 8.84. The summed E-state index contributed by atoms with van der Waals surface area (Å²) in [5, 5.41) is 3.58. The van der Waals surface area contributed by atoms with Gasteiger partial charge in [0.2, 0.25) is 0 Å². The molecule has 0 saturated heterocycles. The summed E-state index contributed by atoms with van der Waals surface area (Å²) < 4.78 is 9.48. The fraction of sp³-hybridized carbons (Fsp3) is 0.300. The van der Waals surface area contributed by atoms with Gasteiger partial charge in [-0.3, -0.25) is 4.79 Å². The molecule has 16 heavy (non-hydrogen) atoms. The van der Waals surface area contributed by atoms with Gasteiger partial charge < -0.3 is 14.8 Å². The molecule has 1 aromatic carbocycles. The molecule has 0 fully saturated rings. The highest BCUT2D eigenvalue weighted by molar-refractivity contribution is 6.37. The van der Waals surface area contributed by atoms with Crippen molar-refractivity contribution >= 4 is 34.9 Å². The van der Waals surface area contributed by atoms with Crippen molar-refractivity contribution in [1.29, 1.82) is 0 Å². The standard InChI is InChI=1S/C10H11Cl2NO3/c1-15-9(14)5-13-6-3-7(11)10(16-2)8(12)4-6/h3-4,13H,5H2,1-2H3. The van der Waals surface area contributed by atoms with Gasteiger partial charge in [-0.15, -0.1) is 0 Å². The van der Waals surface area contributed by atoms with Gasteiger partial charge in [0.15, 0.2) is 5.75 Å². The first-order chi connectivity index (χ1) is 7.58. The molecule has 1 rings (SSSR count). The van der Waals surface area contributed by atoms with E-state index in [1.807, 2.05) is 0 Å². The zero-order chi connectivity index (χ0) is 12.1. The number of anilines is 1. The topological polar surface area (TPSA) is 47.6 Å². The average molecular weight is 264 g/mol. The summed E-state index contributed by atoms with van der Waals surface area (Å²) in [7, 11) is 2.80. The van der Waals surface area contributed by atoms with Gasteiger partial charge in [0.05, 0.1) is 24.3 Å². The van der Waals surface area contributed by atoms with Crippen molar-refractivity contribution in [2.75, 3.05) is 26.1 Å². The van der Waals surface area contributed by atoms with E-state index in [1.165, 1.54) is 14.2 Å². The Bertz CT molecular complexity index is 373. The molecule has 0 unspecified atom stereocenters. The minimum absolute atomic E-state index is 0.0511. The van der Waals surface area contributed by atoms with Gasteiger partial charge >= 0.3 is 5.97 Å². The largest absolute Gasteiger partial charge is 0.494 e. The third-order valence-corrected chi connectivity index (χ3v) is 2.43. The molecule has 0 radical (unpaired) electrons. The second-order valence-electron chi connectivity index (χ2n) is 2.90. The molecule has 0 spiro atoms. The van der Waals surface area contributed by atoms with Gasteiger partial charge in [-0.2, -0.15) is 0 Å². The van der Waals surface area contributed by atoms with Crippen LogP contribution in [0.5, 0.6) is 5.75 Å². The van der Waals surface area contributed by atoms with Crippen molar-refractivity contribution in [3.05, 3.63) is 22.2 Å². The molecule has 0 heterocycles. The van der Waals surface area contributed by atoms with Crippen LogP contribution in [0.15, 0.2) is 12.1 Å².